The summed E-state index contributed by atoms with van der Waals surface area (Å²) in [6.45, 7) is 2.52. The molecular formula is C22H29N7O2. The zero-order valence-electron chi connectivity index (χ0n) is 17.1. The molecule has 9 heteroatoms. The molecule has 3 N–H and O–H groups in total. The molecule has 0 aliphatic rings. The van der Waals surface area contributed by atoms with Crippen molar-refractivity contribution in [2.45, 2.75) is 26.4 Å². The lowest BCUT2D eigenvalue weighted by Gasteiger charge is -2.12. The van der Waals surface area contributed by atoms with E-state index in [1.54, 1.807) is 25.5 Å². The number of aromatic amines is 1. The maximum atomic E-state index is 12.8. The van der Waals surface area contributed by atoms with Crippen molar-refractivity contribution in [3.63, 3.8) is 0 Å². The Labute approximate surface area is 183 Å². The van der Waals surface area contributed by atoms with Gasteiger partial charge in [-0.1, -0.05) is 6.07 Å². The summed E-state index contributed by atoms with van der Waals surface area (Å²) in [6, 6.07) is 9.60. The number of rotatable bonds is 8. The van der Waals surface area contributed by atoms with E-state index in [1.807, 2.05) is 36.5 Å². The molecule has 0 saturated carbocycles. The molecule has 9 nitrogen and oxygen atoms in total. The van der Waals surface area contributed by atoms with Crippen LogP contribution in [-0.4, -0.2) is 37.0 Å². The Morgan fingerprint density at radius 3 is 2.94 bits per heavy atom. The van der Waals surface area contributed by atoms with Crippen LogP contribution in [0.5, 0.6) is 0 Å². The quantitative estimate of drug-likeness (QED) is 0.401. The fraction of sp³-hybridized carbons (Fsp3) is 0.227. The zero-order chi connectivity index (χ0) is 21.6. The Bertz CT molecular complexity index is 1260. The first kappa shape index (κ1) is 20.3. The highest BCUT2D eigenvalue weighted by Gasteiger charge is 2.12. The van der Waals surface area contributed by atoms with Gasteiger partial charge in [0.05, 0.1) is 0 Å². The van der Waals surface area contributed by atoms with E-state index in [1.165, 1.54) is 4.57 Å². The van der Waals surface area contributed by atoms with Crippen molar-refractivity contribution in [3.8, 4) is 0 Å². The first-order valence-electron chi connectivity index (χ1n) is 9.99. The van der Waals surface area contributed by atoms with Crippen LogP contribution in [0.1, 0.15) is 21.2 Å². The highest BCUT2D eigenvalue weighted by atomic mass is 16.2. The van der Waals surface area contributed by atoms with Gasteiger partial charge in [-0.3, -0.25) is 19.1 Å². The van der Waals surface area contributed by atoms with Crippen LogP contribution in [0.25, 0.3) is 11.0 Å². The number of pyridine rings is 2. The lowest BCUT2D eigenvalue weighted by atomic mass is 10.2. The van der Waals surface area contributed by atoms with Crippen molar-refractivity contribution in [1.82, 2.24) is 29.8 Å². The van der Waals surface area contributed by atoms with Crippen LogP contribution in [0.3, 0.4) is 0 Å². The number of nitrogens with one attached hydrogen (secondary N) is 3. The second-order valence-electron chi connectivity index (χ2n) is 7.17. The van der Waals surface area contributed by atoms with Crippen LogP contribution in [0, 0.1) is 6.92 Å². The highest BCUT2D eigenvalue weighted by Crippen LogP contribution is 2.11. The van der Waals surface area contributed by atoms with Gasteiger partial charge in [0.2, 0.25) is 5.91 Å². The molecule has 0 spiro atoms. The van der Waals surface area contributed by atoms with E-state index in [9.17, 15) is 9.59 Å². The fourth-order valence-corrected chi connectivity index (χ4v) is 3.23. The second kappa shape index (κ2) is 9.21. The van der Waals surface area contributed by atoms with E-state index in [4.69, 9.17) is 0 Å². The Kier molecular flexibility index (Phi) is 6.02. The van der Waals surface area contributed by atoms with Gasteiger partial charge in [-0.25, -0.2) is 9.97 Å². The van der Waals surface area contributed by atoms with Gasteiger partial charge < -0.3 is 15.6 Å². The molecule has 0 atom stereocenters. The summed E-state index contributed by atoms with van der Waals surface area (Å²) in [6.07, 6.45) is 7.52. The van der Waals surface area contributed by atoms with E-state index in [0.29, 0.717) is 25.2 Å². The molecule has 4 rings (SSSR count). The van der Waals surface area contributed by atoms with Crippen molar-refractivity contribution in [2.75, 3.05) is 11.9 Å². The van der Waals surface area contributed by atoms with Gasteiger partial charge in [-0.2, -0.15) is 0 Å². The number of nitrogens with zero attached hydrogens (tertiary/aromatic N) is 4. The number of hydrogen-bond acceptors (Lipinski definition) is 6. The van der Waals surface area contributed by atoms with E-state index in [2.05, 4.69) is 30.6 Å². The average molecular weight is 424 g/mol. The third kappa shape index (κ3) is 4.95. The maximum absolute atomic E-state index is 12.8. The molecule has 0 bridgehead atoms. The van der Waals surface area contributed by atoms with Gasteiger partial charge in [0, 0.05) is 65.4 Å². The molecule has 164 valence electrons. The smallest absolute Gasteiger partial charge is 0.293 e. The zero-order valence-corrected chi connectivity index (χ0v) is 17.1. The number of anilines is 1. The molecule has 4 heterocycles. The van der Waals surface area contributed by atoms with Gasteiger partial charge in [0.15, 0.2) is 5.82 Å². The van der Waals surface area contributed by atoms with Crippen LogP contribution in [0.15, 0.2) is 59.9 Å². The molecule has 4 aromatic heterocycles. The standard InChI is InChI=1S/C22H23N7O2.3H2/c1-15-11-27-21(25-9-6-18-4-2-3-7-23-18)22(31)29(15)14-19(30)26-12-16-10-17-5-8-24-20(17)28-13-16;;;/h2-5,7-8,10-11,13H,6,9,12,14H2,1H3,(H,24,28)(H,25,27)(H,26,30);3*1H. The first-order valence-corrected chi connectivity index (χ1v) is 9.99. The first-order chi connectivity index (χ1) is 15.1. The highest BCUT2D eigenvalue weighted by molar-refractivity contribution is 5.77. The third-order valence-corrected chi connectivity index (χ3v) is 4.90. The Morgan fingerprint density at radius 1 is 1.19 bits per heavy atom. The van der Waals surface area contributed by atoms with Crippen LogP contribution in [0.4, 0.5) is 5.82 Å². The Hall–Kier alpha value is -4.01. The maximum Gasteiger partial charge on any atom is 0.293 e. The topological polar surface area (TPSA) is 118 Å². The summed E-state index contributed by atoms with van der Waals surface area (Å²) < 4.78 is 1.42. The molecule has 0 aliphatic carbocycles. The van der Waals surface area contributed by atoms with Crippen molar-refractivity contribution < 1.29 is 9.07 Å². The molecule has 4 aromatic rings. The predicted molar refractivity (Wildman–Crippen MR) is 124 cm³/mol. The monoisotopic (exact) mass is 423 g/mol. The SMILES string of the molecule is Cc1cnc(NCCc2ccccn2)c(=O)n1CC(=O)NCc1cnc2[nH]ccc2c1.[HH].[HH].[HH]. The summed E-state index contributed by atoms with van der Waals surface area (Å²) in [5, 5.41) is 6.87. The Balaban J connectivity index is 0.00000193. The van der Waals surface area contributed by atoms with Gasteiger partial charge in [0.1, 0.15) is 12.2 Å². The largest absolute Gasteiger partial charge is 0.365 e. The normalized spacial score (nSPS) is 10.9. The number of aryl methyl sites for hydroxylation is 1. The summed E-state index contributed by atoms with van der Waals surface area (Å²) >= 11 is 0. The fourth-order valence-electron chi connectivity index (χ4n) is 3.23. The summed E-state index contributed by atoms with van der Waals surface area (Å²) in [5.41, 5.74) is 2.90. The number of hydrogen-bond donors (Lipinski definition) is 3. The lowest BCUT2D eigenvalue weighted by molar-refractivity contribution is -0.121. The molecule has 0 fully saturated rings. The van der Waals surface area contributed by atoms with Gasteiger partial charge in [0.25, 0.3) is 5.56 Å². The number of H-pyrrole nitrogens is 1. The van der Waals surface area contributed by atoms with E-state index in [0.717, 1.165) is 22.3 Å². The Morgan fingerprint density at radius 2 is 2.10 bits per heavy atom. The number of carbonyl (C=O) groups is 1. The van der Waals surface area contributed by atoms with E-state index >= 15 is 0 Å². The van der Waals surface area contributed by atoms with Gasteiger partial charge in [-0.05, 0) is 36.8 Å². The minimum atomic E-state index is -0.327. The van der Waals surface area contributed by atoms with Crippen LogP contribution >= 0.6 is 0 Å². The van der Waals surface area contributed by atoms with Gasteiger partial charge in [-0.15, -0.1) is 0 Å². The van der Waals surface area contributed by atoms with Crippen LogP contribution in [0.2, 0.25) is 0 Å². The van der Waals surface area contributed by atoms with Crippen molar-refractivity contribution in [1.29, 1.82) is 0 Å². The summed E-state index contributed by atoms with van der Waals surface area (Å²) in [7, 11) is 0. The summed E-state index contributed by atoms with van der Waals surface area (Å²) in [5.74, 6) is -0.0403. The molecule has 0 radical (unpaired) electrons. The molecule has 0 aliphatic heterocycles. The minimum absolute atomic E-state index is 0. The molecule has 1 amide bonds. The molecule has 0 saturated heterocycles. The molecule has 31 heavy (non-hydrogen) atoms. The van der Waals surface area contributed by atoms with Crippen LogP contribution < -0.4 is 16.2 Å². The second-order valence-corrected chi connectivity index (χ2v) is 7.17. The summed E-state index contributed by atoms with van der Waals surface area (Å²) in [4.78, 5) is 41.0. The van der Waals surface area contributed by atoms with Crippen molar-refractivity contribution >= 4 is 22.8 Å². The van der Waals surface area contributed by atoms with Crippen LogP contribution in [-0.2, 0) is 24.3 Å². The number of fused-ring (bicyclic) bond motifs is 1. The molecule has 0 aromatic carbocycles. The van der Waals surface area contributed by atoms with E-state index < -0.39 is 0 Å². The van der Waals surface area contributed by atoms with Gasteiger partial charge >= 0.3 is 0 Å². The number of amides is 1. The van der Waals surface area contributed by atoms with Crippen molar-refractivity contribution in [2.24, 2.45) is 0 Å². The van der Waals surface area contributed by atoms with E-state index in [-0.39, 0.29) is 28.1 Å². The predicted octanol–water partition coefficient (Wildman–Crippen LogP) is 2.53. The molecular weight excluding hydrogens is 394 g/mol. The molecule has 0 unspecified atom stereocenters. The number of aromatic nitrogens is 5. The third-order valence-electron chi connectivity index (χ3n) is 4.90. The lowest BCUT2D eigenvalue weighted by Crippen LogP contribution is -2.34. The number of carbonyl (C=O) groups excluding carboxylic acids is 1. The minimum Gasteiger partial charge on any atom is -0.365 e. The average Bonchev–Trinajstić information content (AvgIpc) is 3.25. The van der Waals surface area contributed by atoms with Crippen molar-refractivity contribution in [3.05, 3.63) is 82.4 Å².